The number of hydrogen-bond donors (Lipinski definition) is 1. The zero-order valence-corrected chi connectivity index (χ0v) is 8.69. The Kier molecular flexibility index (Phi) is 2.87. The first-order chi connectivity index (χ1) is 7.33. The quantitative estimate of drug-likeness (QED) is 0.793. The fraction of sp³-hybridized carbons (Fsp3) is 0.364. The van der Waals surface area contributed by atoms with Crippen molar-refractivity contribution >= 4 is 11.6 Å². The molecule has 1 saturated heterocycles. The van der Waals surface area contributed by atoms with Gasteiger partial charge in [-0.25, -0.2) is 10.4 Å². The Bertz CT molecular complexity index is 365. The van der Waals surface area contributed by atoms with E-state index in [0.29, 0.717) is 12.2 Å². The molecule has 80 valence electrons. The van der Waals surface area contributed by atoms with Gasteiger partial charge >= 0.3 is 0 Å². The van der Waals surface area contributed by atoms with Crippen LogP contribution in [0.4, 0.5) is 5.69 Å². The molecule has 1 aliphatic rings. The molecule has 15 heavy (non-hydrogen) atoms. The molecule has 0 atom stereocenters. The molecule has 0 bridgehead atoms. The van der Waals surface area contributed by atoms with Crippen molar-refractivity contribution in [3.05, 3.63) is 24.3 Å². The van der Waals surface area contributed by atoms with Gasteiger partial charge in [0.1, 0.15) is 11.4 Å². The molecule has 1 N–H and O–H groups in total. The minimum absolute atomic E-state index is 0.0887. The lowest BCUT2D eigenvalue weighted by atomic mass is 10.2. The number of ether oxygens (including phenoxy) is 1. The van der Waals surface area contributed by atoms with Gasteiger partial charge in [0.2, 0.25) is 5.91 Å². The first-order valence-electron chi connectivity index (χ1n) is 5.02. The molecule has 1 aliphatic heterocycles. The van der Waals surface area contributed by atoms with Gasteiger partial charge in [0, 0.05) is 13.0 Å². The first kappa shape index (κ1) is 9.98. The summed E-state index contributed by atoms with van der Waals surface area (Å²) in [5.41, 5.74) is 3.85. The van der Waals surface area contributed by atoms with Crippen LogP contribution in [0.3, 0.4) is 0 Å². The van der Waals surface area contributed by atoms with Crippen molar-refractivity contribution in [2.24, 2.45) is 0 Å². The van der Waals surface area contributed by atoms with Crippen LogP contribution in [-0.4, -0.2) is 19.6 Å². The molecule has 4 nitrogen and oxygen atoms in total. The van der Waals surface area contributed by atoms with Crippen LogP contribution >= 0.6 is 0 Å². The van der Waals surface area contributed by atoms with Gasteiger partial charge in [0.25, 0.3) is 0 Å². The van der Waals surface area contributed by atoms with Crippen molar-refractivity contribution in [2.75, 3.05) is 18.7 Å². The SMILES string of the molecule is COc1ccccc1N1NCCCC1=O. The summed E-state index contributed by atoms with van der Waals surface area (Å²) in [6.45, 7) is 0.823. The van der Waals surface area contributed by atoms with Crippen LogP contribution in [0.25, 0.3) is 0 Å². The molecule has 0 unspecified atom stereocenters. The Labute approximate surface area is 88.8 Å². The second kappa shape index (κ2) is 4.31. The van der Waals surface area contributed by atoms with Crippen LogP contribution in [0.2, 0.25) is 0 Å². The highest BCUT2D eigenvalue weighted by Gasteiger charge is 2.21. The van der Waals surface area contributed by atoms with E-state index in [9.17, 15) is 4.79 Å². The maximum absolute atomic E-state index is 11.7. The van der Waals surface area contributed by atoms with E-state index >= 15 is 0 Å². The summed E-state index contributed by atoms with van der Waals surface area (Å²) in [5, 5.41) is 1.57. The Morgan fingerprint density at radius 1 is 1.40 bits per heavy atom. The fourth-order valence-electron chi connectivity index (χ4n) is 1.66. The molecule has 0 saturated carbocycles. The number of hydrogen-bond acceptors (Lipinski definition) is 3. The monoisotopic (exact) mass is 206 g/mol. The summed E-state index contributed by atoms with van der Waals surface area (Å²) in [6, 6.07) is 7.49. The lowest BCUT2D eigenvalue weighted by Gasteiger charge is -2.28. The highest BCUT2D eigenvalue weighted by atomic mass is 16.5. The third-order valence-corrected chi connectivity index (χ3v) is 2.41. The van der Waals surface area contributed by atoms with Crippen molar-refractivity contribution in [1.82, 2.24) is 5.43 Å². The van der Waals surface area contributed by atoms with Crippen molar-refractivity contribution < 1.29 is 9.53 Å². The summed E-state index contributed by atoms with van der Waals surface area (Å²) in [7, 11) is 1.60. The number of methoxy groups -OCH3 is 1. The molecule has 1 aromatic rings. The van der Waals surface area contributed by atoms with Crippen LogP contribution < -0.4 is 15.2 Å². The van der Waals surface area contributed by atoms with Crippen molar-refractivity contribution in [3.8, 4) is 5.75 Å². The number of benzene rings is 1. The summed E-state index contributed by atoms with van der Waals surface area (Å²) in [4.78, 5) is 11.7. The maximum Gasteiger partial charge on any atom is 0.241 e. The van der Waals surface area contributed by atoms with E-state index in [-0.39, 0.29) is 5.91 Å². The molecule has 1 aromatic carbocycles. The Hall–Kier alpha value is -1.55. The van der Waals surface area contributed by atoms with Gasteiger partial charge in [0.15, 0.2) is 0 Å². The topological polar surface area (TPSA) is 41.6 Å². The highest BCUT2D eigenvalue weighted by Crippen LogP contribution is 2.27. The number of carbonyl (C=O) groups excluding carboxylic acids is 1. The average molecular weight is 206 g/mol. The number of hydrazine groups is 1. The Balaban J connectivity index is 2.30. The number of amides is 1. The van der Waals surface area contributed by atoms with Crippen LogP contribution in [0, 0.1) is 0 Å². The van der Waals surface area contributed by atoms with E-state index in [2.05, 4.69) is 5.43 Å². The second-order valence-corrected chi connectivity index (χ2v) is 3.41. The molecule has 1 heterocycles. The largest absolute Gasteiger partial charge is 0.495 e. The van der Waals surface area contributed by atoms with Gasteiger partial charge in [0.05, 0.1) is 7.11 Å². The number of rotatable bonds is 2. The summed E-state index contributed by atoms with van der Waals surface area (Å²) < 4.78 is 5.21. The van der Waals surface area contributed by atoms with Crippen LogP contribution in [-0.2, 0) is 4.79 Å². The molecule has 1 amide bonds. The van der Waals surface area contributed by atoms with E-state index < -0.39 is 0 Å². The van der Waals surface area contributed by atoms with Crippen molar-refractivity contribution in [2.45, 2.75) is 12.8 Å². The minimum atomic E-state index is 0.0887. The predicted octanol–water partition coefficient (Wildman–Crippen LogP) is 1.33. The minimum Gasteiger partial charge on any atom is -0.495 e. The number of anilines is 1. The first-order valence-corrected chi connectivity index (χ1v) is 5.02. The summed E-state index contributed by atoms with van der Waals surface area (Å²) in [6.07, 6.45) is 1.48. The molecule has 0 aliphatic carbocycles. The van der Waals surface area contributed by atoms with E-state index in [1.807, 2.05) is 24.3 Å². The highest BCUT2D eigenvalue weighted by molar-refractivity contribution is 5.94. The summed E-state index contributed by atoms with van der Waals surface area (Å²) in [5.74, 6) is 0.797. The van der Waals surface area contributed by atoms with E-state index in [1.165, 1.54) is 0 Å². The lowest BCUT2D eigenvalue weighted by Crippen LogP contribution is -2.47. The van der Waals surface area contributed by atoms with Gasteiger partial charge in [-0.3, -0.25) is 4.79 Å². The fourth-order valence-corrected chi connectivity index (χ4v) is 1.66. The molecule has 4 heteroatoms. The number of para-hydroxylation sites is 2. The van der Waals surface area contributed by atoms with Crippen LogP contribution in [0.5, 0.6) is 5.75 Å². The molecule has 0 radical (unpaired) electrons. The molecule has 1 fully saturated rings. The third-order valence-electron chi connectivity index (χ3n) is 2.41. The maximum atomic E-state index is 11.7. The van der Waals surface area contributed by atoms with Gasteiger partial charge in [-0.15, -0.1) is 0 Å². The van der Waals surface area contributed by atoms with E-state index in [0.717, 1.165) is 18.7 Å². The molecule has 0 aromatic heterocycles. The lowest BCUT2D eigenvalue weighted by molar-refractivity contribution is -0.120. The number of nitrogens with zero attached hydrogens (tertiary/aromatic N) is 1. The average Bonchev–Trinajstić information content (AvgIpc) is 2.30. The molecule has 0 spiro atoms. The van der Waals surface area contributed by atoms with Crippen LogP contribution in [0.15, 0.2) is 24.3 Å². The zero-order chi connectivity index (χ0) is 10.7. The molecular weight excluding hydrogens is 192 g/mol. The number of nitrogens with one attached hydrogen (secondary N) is 1. The van der Waals surface area contributed by atoms with Gasteiger partial charge < -0.3 is 4.74 Å². The van der Waals surface area contributed by atoms with Gasteiger partial charge in [-0.05, 0) is 18.6 Å². The smallest absolute Gasteiger partial charge is 0.241 e. The van der Waals surface area contributed by atoms with E-state index in [1.54, 1.807) is 12.1 Å². The predicted molar refractivity (Wildman–Crippen MR) is 57.7 cm³/mol. The van der Waals surface area contributed by atoms with Gasteiger partial charge in [-0.1, -0.05) is 12.1 Å². The normalized spacial score (nSPS) is 16.6. The third kappa shape index (κ3) is 1.94. The standard InChI is InChI=1S/C11H14N2O2/c1-15-10-6-3-2-5-9(10)13-11(14)7-4-8-12-13/h2-3,5-6,12H,4,7-8H2,1H3. The summed E-state index contributed by atoms with van der Waals surface area (Å²) >= 11 is 0. The van der Waals surface area contributed by atoms with Gasteiger partial charge in [-0.2, -0.15) is 0 Å². The number of carbonyl (C=O) groups is 1. The molecular formula is C11H14N2O2. The zero-order valence-electron chi connectivity index (χ0n) is 8.69. The van der Waals surface area contributed by atoms with Crippen LogP contribution in [0.1, 0.15) is 12.8 Å². The van der Waals surface area contributed by atoms with Crippen molar-refractivity contribution in [1.29, 1.82) is 0 Å². The molecule has 2 rings (SSSR count). The van der Waals surface area contributed by atoms with E-state index in [4.69, 9.17) is 4.74 Å². The van der Waals surface area contributed by atoms with Crippen molar-refractivity contribution in [3.63, 3.8) is 0 Å². The Morgan fingerprint density at radius 2 is 2.20 bits per heavy atom. The second-order valence-electron chi connectivity index (χ2n) is 3.41. The Morgan fingerprint density at radius 3 is 2.93 bits per heavy atom.